The first-order valence-corrected chi connectivity index (χ1v) is 7.89. The quantitative estimate of drug-likeness (QED) is 0.894. The Labute approximate surface area is 123 Å². The van der Waals surface area contributed by atoms with Crippen molar-refractivity contribution in [1.82, 2.24) is 10.3 Å². The van der Waals surface area contributed by atoms with E-state index >= 15 is 0 Å². The molecule has 0 amide bonds. The van der Waals surface area contributed by atoms with Crippen LogP contribution in [0, 0.1) is 24.7 Å². The molecule has 1 aliphatic rings. The van der Waals surface area contributed by atoms with E-state index in [1.165, 1.54) is 5.56 Å². The summed E-state index contributed by atoms with van der Waals surface area (Å²) >= 11 is 0. The molecule has 0 spiro atoms. The van der Waals surface area contributed by atoms with Crippen molar-refractivity contribution in [3.63, 3.8) is 0 Å². The number of hydrogen-bond donors (Lipinski definition) is 1. The van der Waals surface area contributed by atoms with Crippen LogP contribution >= 0.6 is 0 Å². The van der Waals surface area contributed by atoms with Gasteiger partial charge in [0.15, 0.2) is 0 Å². The number of aromatic nitrogens is 1. The minimum absolute atomic E-state index is 0.690. The van der Waals surface area contributed by atoms with E-state index in [9.17, 15) is 0 Å². The van der Waals surface area contributed by atoms with Crippen LogP contribution in [0.1, 0.15) is 39.0 Å². The van der Waals surface area contributed by atoms with Crippen molar-refractivity contribution in [2.45, 2.75) is 41.2 Å². The first-order chi connectivity index (χ1) is 9.47. The van der Waals surface area contributed by atoms with E-state index in [2.05, 4.69) is 57.0 Å². The van der Waals surface area contributed by atoms with E-state index in [4.69, 9.17) is 4.98 Å². The maximum Gasteiger partial charge on any atom is 0.128 e. The summed E-state index contributed by atoms with van der Waals surface area (Å²) in [5.41, 5.74) is 2.47. The molecule has 20 heavy (non-hydrogen) atoms. The lowest BCUT2D eigenvalue weighted by Gasteiger charge is -2.19. The zero-order chi connectivity index (χ0) is 14.7. The van der Waals surface area contributed by atoms with Gasteiger partial charge in [-0.1, -0.05) is 33.8 Å². The van der Waals surface area contributed by atoms with Gasteiger partial charge in [-0.05, 0) is 42.9 Å². The van der Waals surface area contributed by atoms with E-state index in [0.29, 0.717) is 5.92 Å². The third-order valence-corrected chi connectivity index (χ3v) is 4.36. The molecular weight excluding hydrogens is 246 g/mol. The lowest BCUT2D eigenvalue weighted by Crippen LogP contribution is -2.22. The predicted octanol–water partition coefficient (Wildman–Crippen LogP) is 3.23. The number of nitrogens with one attached hydrogen (secondary N) is 1. The first-order valence-electron chi connectivity index (χ1n) is 7.89. The van der Waals surface area contributed by atoms with Crippen molar-refractivity contribution in [3.05, 3.63) is 23.4 Å². The summed E-state index contributed by atoms with van der Waals surface area (Å²) in [5, 5.41) is 3.49. The summed E-state index contributed by atoms with van der Waals surface area (Å²) in [6, 6.07) is 4.42. The summed E-state index contributed by atoms with van der Waals surface area (Å²) in [5.74, 6) is 3.37. The number of pyridine rings is 1. The highest BCUT2D eigenvalue weighted by molar-refractivity contribution is 5.43. The molecule has 0 aliphatic carbocycles. The van der Waals surface area contributed by atoms with Crippen LogP contribution in [0.3, 0.4) is 0 Å². The number of aryl methyl sites for hydroxylation is 1. The van der Waals surface area contributed by atoms with Crippen molar-refractivity contribution in [3.8, 4) is 0 Å². The van der Waals surface area contributed by atoms with Crippen molar-refractivity contribution < 1.29 is 0 Å². The molecule has 1 N–H and O–H groups in total. The molecule has 0 bridgehead atoms. The molecule has 0 radical (unpaired) electrons. The van der Waals surface area contributed by atoms with Crippen LogP contribution in [0.25, 0.3) is 0 Å². The first kappa shape index (κ1) is 15.3. The van der Waals surface area contributed by atoms with Crippen LogP contribution < -0.4 is 10.2 Å². The van der Waals surface area contributed by atoms with Crippen molar-refractivity contribution in [2.75, 3.05) is 24.5 Å². The van der Waals surface area contributed by atoms with Crippen LogP contribution in [0.2, 0.25) is 0 Å². The number of hydrogen-bond acceptors (Lipinski definition) is 3. The van der Waals surface area contributed by atoms with Gasteiger partial charge in [-0.2, -0.15) is 0 Å². The lowest BCUT2D eigenvalue weighted by molar-refractivity contribution is 0.494. The second-order valence-electron chi connectivity index (χ2n) is 6.80. The Hall–Kier alpha value is -1.09. The molecule has 1 saturated heterocycles. The molecule has 1 aromatic heterocycles. The molecule has 2 unspecified atom stereocenters. The Morgan fingerprint density at radius 2 is 1.90 bits per heavy atom. The average molecular weight is 275 g/mol. The summed E-state index contributed by atoms with van der Waals surface area (Å²) in [6.07, 6.45) is 0. The third kappa shape index (κ3) is 3.72. The molecule has 0 saturated carbocycles. The van der Waals surface area contributed by atoms with Crippen LogP contribution in [-0.4, -0.2) is 24.6 Å². The van der Waals surface area contributed by atoms with Gasteiger partial charge in [-0.15, -0.1) is 0 Å². The highest BCUT2D eigenvalue weighted by Crippen LogP contribution is 2.27. The second-order valence-corrected chi connectivity index (χ2v) is 6.80. The largest absolute Gasteiger partial charge is 0.356 e. The van der Waals surface area contributed by atoms with Gasteiger partial charge in [0.2, 0.25) is 0 Å². The lowest BCUT2D eigenvalue weighted by atomic mass is 10.0. The maximum absolute atomic E-state index is 4.81. The van der Waals surface area contributed by atoms with Crippen molar-refractivity contribution >= 4 is 5.82 Å². The normalized spacial score (nSPS) is 22.8. The smallest absolute Gasteiger partial charge is 0.128 e. The topological polar surface area (TPSA) is 28.2 Å². The summed E-state index contributed by atoms with van der Waals surface area (Å²) < 4.78 is 0. The van der Waals surface area contributed by atoms with Gasteiger partial charge in [0, 0.05) is 25.3 Å². The van der Waals surface area contributed by atoms with E-state index in [-0.39, 0.29) is 0 Å². The molecule has 2 atom stereocenters. The highest BCUT2D eigenvalue weighted by Gasteiger charge is 2.26. The zero-order valence-electron chi connectivity index (χ0n) is 13.6. The predicted molar refractivity (Wildman–Crippen MR) is 86.1 cm³/mol. The summed E-state index contributed by atoms with van der Waals surface area (Å²) in [7, 11) is 0. The van der Waals surface area contributed by atoms with E-state index < -0.39 is 0 Å². The van der Waals surface area contributed by atoms with E-state index in [1.54, 1.807) is 0 Å². The van der Waals surface area contributed by atoms with Crippen LogP contribution in [0.15, 0.2) is 12.1 Å². The maximum atomic E-state index is 4.81. The molecule has 3 nitrogen and oxygen atoms in total. The monoisotopic (exact) mass is 275 g/mol. The SMILES string of the molecule is Cc1nc(N2CC(C)C(C)C2)ccc1CNCC(C)C. The Bertz CT molecular complexity index is 432. The minimum atomic E-state index is 0.690. The molecule has 2 heterocycles. The van der Waals surface area contributed by atoms with Crippen LogP contribution in [0.5, 0.6) is 0 Å². The fraction of sp³-hybridized carbons (Fsp3) is 0.706. The van der Waals surface area contributed by atoms with Crippen molar-refractivity contribution in [1.29, 1.82) is 0 Å². The molecule has 1 fully saturated rings. The second kappa shape index (κ2) is 6.57. The molecule has 112 valence electrons. The number of nitrogens with zero attached hydrogens (tertiary/aromatic N) is 2. The number of anilines is 1. The molecule has 1 aliphatic heterocycles. The number of rotatable bonds is 5. The fourth-order valence-electron chi connectivity index (χ4n) is 2.75. The standard InChI is InChI=1S/C17H29N3/c1-12(2)8-18-9-16-6-7-17(19-15(16)5)20-10-13(3)14(4)11-20/h6-7,12-14,18H,8-11H2,1-5H3. The fourth-order valence-corrected chi connectivity index (χ4v) is 2.75. The van der Waals surface area contributed by atoms with Gasteiger partial charge in [0.1, 0.15) is 5.82 Å². The Balaban J connectivity index is 1.99. The highest BCUT2D eigenvalue weighted by atomic mass is 15.2. The molecule has 1 aromatic rings. The Morgan fingerprint density at radius 3 is 2.45 bits per heavy atom. The minimum Gasteiger partial charge on any atom is -0.356 e. The molecule has 3 heteroatoms. The van der Waals surface area contributed by atoms with Gasteiger partial charge in [0.25, 0.3) is 0 Å². The molecular formula is C17H29N3. The van der Waals surface area contributed by atoms with Crippen LogP contribution in [-0.2, 0) is 6.54 Å². The summed E-state index contributed by atoms with van der Waals surface area (Å²) in [6.45, 7) is 15.5. The van der Waals surface area contributed by atoms with Gasteiger partial charge in [0.05, 0.1) is 0 Å². The van der Waals surface area contributed by atoms with Gasteiger partial charge < -0.3 is 10.2 Å². The summed E-state index contributed by atoms with van der Waals surface area (Å²) in [4.78, 5) is 7.23. The zero-order valence-corrected chi connectivity index (χ0v) is 13.6. The van der Waals surface area contributed by atoms with Gasteiger partial charge in [-0.25, -0.2) is 4.98 Å². The van der Waals surface area contributed by atoms with Crippen molar-refractivity contribution in [2.24, 2.45) is 17.8 Å². The molecule has 0 aromatic carbocycles. The van der Waals surface area contributed by atoms with Gasteiger partial charge >= 0.3 is 0 Å². The van der Waals surface area contributed by atoms with Crippen LogP contribution in [0.4, 0.5) is 5.82 Å². The van der Waals surface area contributed by atoms with E-state index in [0.717, 1.165) is 49.5 Å². The Morgan fingerprint density at radius 1 is 1.25 bits per heavy atom. The average Bonchev–Trinajstić information content (AvgIpc) is 2.71. The third-order valence-electron chi connectivity index (χ3n) is 4.36. The van der Waals surface area contributed by atoms with E-state index in [1.807, 2.05) is 0 Å². The Kier molecular flexibility index (Phi) is 5.03. The molecule has 2 rings (SSSR count). The van der Waals surface area contributed by atoms with Gasteiger partial charge in [-0.3, -0.25) is 0 Å².